The maximum absolute atomic E-state index is 15.2. The summed E-state index contributed by atoms with van der Waals surface area (Å²) in [5, 5.41) is 6.92. The molecule has 5 aromatic rings. The first kappa shape index (κ1) is 54.5. The van der Waals surface area contributed by atoms with Gasteiger partial charge in [-0.2, -0.15) is 0 Å². The topological polar surface area (TPSA) is 168 Å². The molecule has 1 aromatic heterocycles. The minimum atomic E-state index is -1.21. The van der Waals surface area contributed by atoms with E-state index in [0.717, 1.165) is 28.2 Å². The highest BCUT2D eigenvalue weighted by Crippen LogP contribution is 2.33. The van der Waals surface area contributed by atoms with Crippen LogP contribution in [0.5, 0.6) is 11.5 Å². The van der Waals surface area contributed by atoms with Gasteiger partial charge in [-0.1, -0.05) is 71.7 Å². The van der Waals surface area contributed by atoms with E-state index in [2.05, 4.69) is 20.5 Å². The number of carbonyl (C=O) groups excluding carboxylic acids is 5. The van der Waals surface area contributed by atoms with Crippen molar-refractivity contribution in [1.29, 1.82) is 0 Å². The average molecular weight is 1040 g/mol. The molecule has 4 aromatic carbocycles. The first-order valence-electron chi connectivity index (χ1n) is 24.5. The Morgan fingerprint density at radius 1 is 0.808 bits per heavy atom. The first-order valence-corrected chi connectivity index (χ1v) is 25.2. The quantitative estimate of drug-likeness (QED) is 0.132. The van der Waals surface area contributed by atoms with Gasteiger partial charge >= 0.3 is 0 Å². The number of likely N-dealkylation sites (N-methyl/N-ethyl adjacent to an activating group) is 2. The molecule has 0 saturated carbocycles. The summed E-state index contributed by atoms with van der Waals surface area (Å²) in [5.74, 6) is -1.41. The third-order valence-electron chi connectivity index (χ3n) is 13.7. The van der Waals surface area contributed by atoms with E-state index in [1.54, 1.807) is 56.3 Å². The van der Waals surface area contributed by atoms with E-state index >= 15 is 4.79 Å². The Morgan fingerprint density at radius 3 is 2.21 bits per heavy atom. The van der Waals surface area contributed by atoms with Crippen molar-refractivity contribution in [3.8, 4) is 22.8 Å². The second-order valence-electron chi connectivity index (χ2n) is 19.2. The maximum atomic E-state index is 15.2. The molecule has 0 bridgehead atoms. The van der Waals surface area contributed by atoms with Gasteiger partial charge in [-0.05, 0) is 99.9 Å². The molecule has 3 heterocycles. The predicted molar refractivity (Wildman–Crippen MR) is 280 cm³/mol. The molecular formula is C55H66Cl2N8O8. The second-order valence-corrected chi connectivity index (χ2v) is 20.1. The number of aromatic nitrogens is 2. The normalized spacial score (nSPS) is 21.9. The van der Waals surface area contributed by atoms with Gasteiger partial charge in [0.25, 0.3) is 0 Å². The Bertz CT molecular complexity index is 2700. The van der Waals surface area contributed by atoms with Crippen LogP contribution in [-0.2, 0) is 66.4 Å². The summed E-state index contributed by atoms with van der Waals surface area (Å²) in [6.07, 6.45) is 2.38. The number of fused-ring (bicyclic) bond motifs is 1. The van der Waals surface area contributed by atoms with Gasteiger partial charge in [0.1, 0.15) is 29.4 Å². The Labute approximate surface area is 437 Å². The molecule has 2 aliphatic rings. The van der Waals surface area contributed by atoms with E-state index in [0.29, 0.717) is 46.7 Å². The molecule has 6 atom stereocenters. The molecule has 0 radical (unpaired) electrons. The molecule has 2 N–H and O–H groups in total. The van der Waals surface area contributed by atoms with Crippen molar-refractivity contribution in [2.24, 2.45) is 13.0 Å². The summed E-state index contributed by atoms with van der Waals surface area (Å²) in [5.41, 5.74) is 4.07. The molecule has 7 rings (SSSR count). The maximum Gasteiger partial charge on any atom is 0.247 e. The number of imidazole rings is 1. The highest BCUT2D eigenvalue weighted by atomic mass is 35.5. The highest BCUT2D eigenvalue weighted by Gasteiger charge is 2.39. The third-order valence-corrected chi connectivity index (χ3v) is 14.2. The fourth-order valence-electron chi connectivity index (χ4n) is 9.52. The SMILES string of the molecule is COC[C@@H]1NC(=O)[C@H](C)N(Cc2ccc(Cl)cc2Oc2ccc(-c3cnc(CN(C)C)n3C)cc2)C(=O)C[C@@H](Cc2ccccc2)C(=O)N(C)[C@@H]2CCOC[C@H]2NC(=O)C[C@H](Cc2ccc(Cl)cc2)N(C)C1=O. The summed E-state index contributed by atoms with van der Waals surface area (Å²) >= 11 is 12.8. The predicted octanol–water partition coefficient (Wildman–Crippen LogP) is 6.55. The van der Waals surface area contributed by atoms with Gasteiger partial charge in [0.2, 0.25) is 29.5 Å². The number of ether oxygens (including phenoxy) is 3. The minimum absolute atomic E-state index is 0.105. The van der Waals surface area contributed by atoms with Crippen molar-refractivity contribution in [1.82, 2.24) is 39.8 Å². The number of hydrogen-bond acceptors (Lipinski definition) is 10. The lowest BCUT2D eigenvalue weighted by Crippen LogP contribution is -2.60. The average Bonchev–Trinajstić information content (AvgIpc) is 3.73. The van der Waals surface area contributed by atoms with E-state index in [-0.39, 0.29) is 57.3 Å². The molecule has 16 nitrogen and oxygen atoms in total. The number of benzene rings is 4. The lowest BCUT2D eigenvalue weighted by atomic mass is 9.91. The number of halogens is 2. The molecule has 18 heteroatoms. The van der Waals surface area contributed by atoms with E-state index in [4.69, 9.17) is 37.4 Å². The van der Waals surface area contributed by atoms with Crippen molar-refractivity contribution in [2.75, 3.05) is 55.1 Å². The number of amides is 5. The standard InChI is InChI=1S/C55H66Cl2N8O8/c1-35-53(68)60-46(33-71-7)55(70)62(4)43(26-37-13-18-41(56)19-14-37)29-51(66)59-45-34-72-24-23-47(45)64(6)54(69)40(25-36-11-9-8-10-12-36)27-52(67)65(35)31-39-15-20-42(57)28-49(39)73-44-21-16-38(17-22-44)48-30-58-50(63(48)5)32-61(2)3/h8-22,28,30,35,40,43,45-47H,23-27,29,31-34H2,1-7H3,(H,59,66)(H,60,68)/t35-,40+,43-,45+,46-,47+/m0/s1. The number of hydrogen-bond donors (Lipinski definition) is 2. The Morgan fingerprint density at radius 2 is 1.51 bits per heavy atom. The smallest absolute Gasteiger partial charge is 0.247 e. The zero-order chi connectivity index (χ0) is 52.3. The summed E-state index contributed by atoms with van der Waals surface area (Å²) < 4.78 is 20.0. The van der Waals surface area contributed by atoms with Gasteiger partial charge in [-0.15, -0.1) is 0 Å². The van der Waals surface area contributed by atoms with Crippen LogP contribution in [0.3, 0.4) is 0 Å². The minimum Gasteiger partial charge on any atom is -0.457 e. The van der Waals surface area contributed by atoms with E-state index < -0.39 is 53.8 Å². The Balaban J connectivity index is 1.25. The fraction of sp³-hybridized carbons (Fsp3) is 0.418. The van der Waals surface area contributed by atoms with Crippen molar-refractivity contribution >= 4 is 52.7 Å². The molecule has 2 saturated heterocycles. The van der Waals surface area contributed by atoms with Crippen LogP contribution >= 0.6 is 23.2 Å². The van der Waals surface area contributed by atoms with Gasteiger partial charge in [0.05, 0.1) is 56.2 Å². The summed E-state index contributed by atoms with van der Waals surface area (Å²) in [4.78, 5) is 84.8. The van der Waals surface area contributed by atoms with E-state index in [1.165, 1.54) is 16.9 Å². The highest BCUT2D eigenvalue weighted by molar-refractivity contribution is 6.31. The number of nitrogens with one attached hydrogen (secondary N) is 2. The van der Waals surface area contributed by atoms with Gasteiger partial charge in [-0.3, -0.25) is 24.0 Å². The van der Waals surface area contributed by atoms with Crippen LogP contribution in [0.2, 0.25) is 10.0 Å². The monoisotopic (exact) mass is 1040 g/mol. The van der Waals surface area contributed by atoms with Crippen LogP contribution in [-0.4, -0.2) is 144 Å². The lowest BCUT2D eigenvalue weighted by molar-refractivity contribution is -0.148. The number of methoxy groups -OCH3 is 1. The molecule has 0 aliphatic carbocycles. The van der Waals surface area contributed by atoms with Crippen molar-refractivity contribution in [3.63, 3.8) is 0 Å². The summed E-state index contributed by atoms with van der Waals surface area (Å²) in [6.45, 7) is 2.43. The Kier molecular flexibility index (Phi) is 18.7. The van der Waals surface area contributed by atoms with Crippen LogP contribution in [0.25, 0.3) is 11.3 Å². The second kappa shape index (κ2) is 25.1. The zero-order valence-electron chi connectivity index (χ0n) is 42.6. The molecule has 388 valence electrons. The van der Waals surface area contributed by atoms with Crippen molar-refractivity contribution in [3.05, 3.63) is 136 Å². The molecular weight excluding hydrogens is 972 g/mol. The summed E-state index contributed by atoms with van der Waals surface area (Å²) in [6, 6.07) is 25.1. The molecule has 2 aliphatic heterocycles. The van der Waals surface area contributed by atoms with Crippen LogP contribution in [0.4, 0.5) is 0 Å². The van der Waals surface area contributed by atoms with Crippen molar-refractivity contribution in [2.45, 2.75) is 82.3 Å². The van der Waals surface area contributed by atoms with E-state index in [9.17, 15) is 19.2 Å². The van der Waals surface area contributed by atoms with Crippen LogP contribution < -0.4 is 15.4 Å². The largest absolute Gasteiger partial charge is 0.457 e. The van der Waals surface area contributed by atoms with Crippen LogP contribution in [0, 0.1) is 5.92 Å². The molecule has 73 heavy (non-hydrogen) atoms. The van der Waals surface area contributed by atoms with Crippen LogP contribution in [0.1, 0.15) is 48.7 Å². The lowest BCUT2D eigenvalue weighted by Gasteiger charge is -2.40. The van der Waals surface area contributed by atoms with Gasteiger partial charge in [0, 0.05) is 74.9 Å². The first-order chi connectivity index (χ1) is 35.0. The van der Waals surface area contributed by atoms with Gasteiger partial charge < -0.3 is 49.0 Å². The molecule has 5 amide bonds. The molecule has 2 fully saturated rings. The zero-order valence-corrected chi connectivity index (χ0v) is 44.1. The summed E-state index contributed by atoms with van der Waals surface area (Å²) in [7, 11) is 10.7. The van der Waals surface area contributed by atoms with E-state index in [1.807, 2.05) is 98.6 Å². The van der Waals surface area contributed by atoms with Gasteiger partial charge in [-0.25, -0.2) is 4.98 Å². The Hall–Kier alpha value is -6.30. The number of rotatable bonds is 13. The van der Waals surface area contributed by atoms with Crippen molar-refractivity contribution < 1.29 is 38.2 Å². The molecule has 0 unspecified atom stereocenters. The molecule has 0 spiro atoms. The number of carbonyl (C=O) groups is 5. The van der Waals surface area contributed by atoms with Gasteiger partial charge in [0.15, 0.2) is 0 Å². The van der Waals surface area contributed by atoms with Crippen LogP contribution in [0.15, 0.2) is 103 Å². The number of nitrogens with zero attached hydrogens (tertiary/aromatic N) is 6. The third kappa shape index (κ3) is 14.1. The fourth-order valence-corrected chi connectivity index (χ4v) is 9.81.